The van der Waals surface area contributed by atoms with E-state index in [9.17, 15) is 4.79 Å². The molecule has 0 saturated heterocycles. The van der Waals surface area contributed by atoms with Gasteiger partial charge in [-0.1, -0.05) is 25.0 Å². The Morgan fingerprint density at radius 3 is 2.70 bits per heavy atom. The van der Waals surface area contributed by atoms with Crippen LogP contribution in [-0.4, -0.2) is 23.5 Å². The summed E-state index contributed by atoms with van der Waals surface area (Å²) in [6.07, 6.45) is 8.36. The van der Waals surface area contributed by atoms with Crippen molar-refractivity contribution in [3.8, 4) is 0 Å². The fraction of sp³-hybridized carbons (Fsp3) is 0.562. The number of amides is 1. The van der Waals surface area contributed by atoms with Crippen molar-refractivity contribution < 1.29 is 4.79 Å². The highest BCUT2D eigenvalue weighted by Crippen LogP contribution is 2.27. The fourth-order valence-electron chi connectivity index (χ4n) is 2.77. The molecule has 0 bridgehead atoms. The molecular formula is C16H24N2OS. The SMILES string of the molecule is CSC1CCCCC1NC(=O)CCc1ccc(N)cc1. The second kappa shape index (κ2) is 7.58. The number of nitrogens with two attached hydrogens (primary N) is 1. The van der Waals surface area contributed by atoms with E-state index < -0.39 is 0 Å². The van der Waals surface area contributed by atoms with Crippen LogP contribution < -0.4 is 11.1 Å². The van der Waals surface area contributed by atoms with Gasteiger partial charge < -0.3 is 11.1 Å². The quantitative estimate of drug-likeness (QED) is 0.820. The predicted molar refractivity (Wildman–Crippen MR) is 86.9 cm³/mol. The molecule has 4 heteroatoms. The lowest BCUT2D eigenvalue weighted by atomic mass is 9.94. The van der Waals surface area contributed by atoms with Gasteiger partial charge in [-0.05, 0) is 43.2 Å². The number of hydrogen-bond acceptors (Lipinski definition) is 3. The van der Waals surface area contributed by atoms with Gasteiger partial charge in [-0.3, -0.25) is 4.79 Å². The van der Waals surface area contributed by atoms with Crippen LogP contribution in [0.5, 0.6) is 0 Å². The van der Waals surface area contributed by atoms with E-state index >= 15 is 0 Å². The molecule has 1 fully saturated rings. The van der Waals surface area contributed by atoms with Gasteiger partial charge in [0.25, 0.3) is 0 Å². The van der Waals surface area contributed by atoms with Crippen LogP contribution >= 0.6 is 11.8 Å². The maximum absolute atomic E-state index is 12.1. The number of carbonyl (C=O) groups excluding carboxylic acids is 1. The Morgan fingerprint density at radius 2 is 2.00 bits per heavy atom. The Balaban J connectivity index is 1.78. The van der Waals surface area contributed by atoms with E-state index in [1.54, 1.807) is 0 Å². The smallest absolute Gasteiger partial charge is 0.220 e. The number of anilines is 1. The topological polar surface area (TPSA) is 55.1 Å². The molecule has 3 N–H and O–H groups in total. The number of aryl methyl sites for hydroxylation is 1. The maximum atomic E-state index is 12.1. The van der Waals surface area contributed by atoms with Gasteiger partial charge in [0, 0.05) is 23.4 Å². The molecule has 1 aromatic rings. The first-order valence-corrected chi connectivity index (χ1v) is 8.64. The van der Waals surface area contributed by atoms with Gasteiger partial charge in [-0.25, -0.2) is 0 Å². The largest absolute Gasteiger partial charge is 0.399 e. The zero-order chi connectivity index (χ0) is 14.4. The second-order valence-electron chi connectivity index (χ2n) is 5.47. The number of nitrogens with one attached hydrogen (secondary N) is 1. The average Bonchev–Trinajstić information content (AvgIpc) is 2.47. The third-order valence-corrected chi connectivity index (χ3v) is 5.14. The minimum Gasteiger partial charge on any atom is -0.399 e. The Hall–Kier alpha value is -1.16. The van der Waals surface area contributed by atoms with Gasteiger partial charge in [0.05, 0.1) is 0 Å². The number of carbonyl (C=O) groups is 1. The van der Waals surface area contributed by atoms with Crippen molar-refractivity contribution >= 4 is 23.4 Å². The van der Waals surface area contributed by atoms with E-state index in [0.29, 0.717) is 17.7 Å². The van der Waals surface area contributed by atoms with Gasteiger partial charge in [0.1, 0.15) is 0 Å². The first-order chi connectivity index (χ1) is 9.69. The summed E-state index contributed by atoms with van der Waals surface area (Å²) in [5.41, 5.74) is 7.59. The Kier molecular flexibility index (Phi) is 5.77. The molecule has 0 heterocycles. The average molecular weight is 292 g/mol. The van der Waals surface area contributed by atoms with Gasteiger partial charge in [-0.15, -0.1) is 0 Å². The lowest BCUT2D eigenvalue weighted by molar-refractivity contribution is -0.121. The summed E-state index contributed by atoms with van der Waals surface area (Å²) in [6, 6.07) is 8.12. The molecular weight excluding hydrogens is 268 g/mol. The van der Waals surface area contributed by atoms with E-state index in [1.807, 2.05) is 36.0 Å². The Morgan fingerprint density at radius 1 is 1.30 bits per heavy atom. The highest BCUT2D eigenvalue weighted by atomic mass is 32.2. The van der Waals surface area contributed by atoms with Crippen LogP contribution in [0, 0.1) is 0 Å². The molecule has 2 rings (SSSR count). The van der Waals surface area contributed by atoms with Gasteiger partial charge in [0.15, 0.2) is 0 Å². The van der Waals surface area contributed by atoms with Crippen molar-refractivity contribution in [2.24, 2.45) is 0 Å². The summed E-state index contributed by atoms with van der Waals surface area (Å²) in [5.74, 6) is 0.174. The van der Waals surface area contributed by atoms with Crippen LogP contribution in [0.1, 0.15) is 37.7 Å². The Labute approximate surface area is 125 Å². The molecule has 2 unspecified atom stereocenters. The standard InChI is InChI=1S/C16H24N2OS/c1-20-15-5-3-2-4-14(15)18-16(19)11-8-12-6-9-13(17)10-7-12/h6-7,9-10,14-15H,2-5,8,11,17H2,1H3,(H,18,19). The summed E-state index contributed by atoms with van der Waals surface area (Å²) in [7, 11) is 0. The number of rotatable bonds is 5. The van der Waals surface area contributed by atoms with Crippen LogP contribution in [-0.2, 0) is 11.2 Å². The van der Waals surface area contributed by atoms with E-state index in [1.165, 1.54) is 24.8 Å². The van der Waals surface area contributed by atoms with Gasteiger partial charge >= 0.3 is 0 Å². The lowest BCUT2D eigenvalue weighted by Gasteiger charge is -2.31. The molecule has 110 valence electrons. The van der Waals surface area contributed by atoms with Gasteiger partial charge in [-0.2, -0.15) is 11.8 Å². The van der Waals surface area contributed by atoms with Gasteiger partial charge in [0.2, 0.25) is 5.91 Å². The summed E-state index contributed by atoms with van der Waals surface area (Å²) in [6.45, 7) is 0. The second-order valence-corrected chi connectivity index (χ2v) is 6.55. The molecule has 1 aliphatic carbocycles. The summed E-state index contributed by atoms with van der Waals surface area (Å²) in [4.78, 5) is 12.1. The van der Waals surface area contributed by atoms with Crippen molar-refractivity contribution in [2.75, 3.05) is 12.0 Å². The number of thioether (sulfide) groups is 1. The van der Waals surface area contributed by atoms with E-state index in [-0.39, 0.29) is 5.91 Å². The van der Waals surface area contributed by atoms with Crippen molar-refractivity contribution in [2.45, 2.75) is 49.8 Å². The van der Waals surface area contributed by atoms with E-state index in [0.717, 1.165) is 18.5 Å². The molecule has 0 radical (unpaired) electrons. The normalized spacial score (nSPS) is 22.4. The molecule has 0 spiro atoms. The van der Waals surface area contributed by atoms with Crippen LogP contribution in [0.2, 0.25) is 0 Å². The highest BCUT2D eigenvalue weighted by Gasteiger charge is 2.25. The van der Waals surface area contributed by atoms with E-state index in [2.05, 4.69) is 11.6 Å². The predicted octanol–water partition coefficient (Wildman–Crippen LogP) is 2.99. The molecule has 0 aliphatic heterocycles. The first kappa shape index (κ1) is 15.2. The lowest BCUT2D eigenvalue weighted by Crippen LogP contribution is -2.43. The molecule has 2 atom stereocenters. The summed E-state index contributed by atoms with van der Waals surface area (Å²) in [5, 5.41) is 3.80. The third-order valence-electron chi connectivity index (χ3n) is 3.97. The van der Waals surface area contributed by atoms with Crippen molar-refractivity contribution in [1.82, 2.24) is 5.32 Å². The fourth-order valence-corrected chi connectivity index (χ4v) is 3.70. The molecule has 1 aliphatic rings. The van der Waals surface area contributed by atoms with Crippen LogP contribution in [0.25, 0.3) is 0 Å². The van der Waals surface area contributed by atoms with Crippen LogP contribution in [0.15, 0.2) is 24.3 Å². The highest BCUT2D eigenvalue weighted by molar-refractivity contribution is 7.99. The monoisotopic (exact) mass is 292 g/mol. The molecule has 3 nitrogen and oxygen atoms in total. The molecule has 0 aromatic heterocycles. The van der Waals surface area contributed by atoms with Crippen molar-refractivity contribution in [3.63, 3.8) is 0 Å². The molecule has 1 amide bonds. The van der Waals surface area contributed by atoms with Crippen molar-refractivity contribution in [1.29, 1.82) is 0 Å². The first-order valence-electron chi connectivity index (χ1n) is 7.35. The molecule has 1 saturated carbocycles. The summed E-state index contributed by atoms with van der Waals surface area (Å²) < 4.78 is 0. The Bertz CT molecular complexity index is 433. The van der Waals surface area contributed by atoms with Crippen molar-refractivity contribution in [3.05, 3.63) is 29.8 Å². The number of nitrogen functional groups attached to an aromatic ring is 1. The zero-order valence-corrected chi connectivity index (χ0v) is 12.9. The minimum atomic E-state index is 0.174. The zero-order valence-electron chi connectivity index (χ0n) is 12.1. The van der Waals surface area contributed by atoms with Crippen LogP contribution in [0.4, 0.5) is 5.69 Å². The molecule has 1 aromatic carbocycles. The van der Waals surface area contributed by atoms with Crippen LogP contribution in [0.3, 0.4) is 0 Å². The number of hydrogen-bond donors (Lipinski definition) is 2. The van der Waals surface area contributed by atoms with E-state index in [4.69, 9.17) is 5.73 Å². The number of benzene rings is 1. The maximum Gasteiger partial charge on any atom is 0.220 e. The molecule has 20 heavy (non-hydrogen) atoms. The minimum absolute atomic E-state index is 0.174. The third kappa shape index (κ3) is 4.44. The summed E-state index contributed by atoms with van der Waals surface area (Å²) >= 11 is 1.88.